The van der Waals surface area contributed by atoms with Gasteiger partial charge in [-0.25, -0.2) is 0 Å². The van der Waals surface area contributed by atoms with Crippen LogP contribution in [0.15, 0.2) is 42.5 Å². The smallest absolute Gasteiger partial charge is 0.124 e. The number of nitrogen functional groups attached to an aromatic ring is 1. The van der Waals surface area contributed by atoms with Crippen molar-refractivity contribution < 1.29 is 9.47 Å². The molecule has 0 fully saturated rings. The first kappa shape index (κ1) is 15.2. The van der Waals surface area contributed by atoms with Crippen molar-refractivity contribution in [2.45, 2.75) is 6.42 Å². The number of methoxy groups -OCH3 is 1. The molecule has 3 N–H and O–H groups in total. The van der Waals surface area contributed by atoms with E-state index in [0.29, 0.717) is 22.9 Å². The SMILES string of the molecule is COc1ccc(CCOc2ccc(C(=N)N)c(Cl)c2)cc1. The molecule has 0 radical (unpaired) electrons. The Kier molecular flexibility index (Phi) is 5.06. The van der Waals surface area contributed by atoms with Gasteiger partial charge in [0.1, 0.15) is 17.3 Å². The molecule has 5 heteroatoms. The predicted octanol–water partition coefficient (Wildman–Crippen LogP) is 3.25. The van der Waals surface area contributed by atoms with E-state index in [2.05, 4.69) is 0 Å². The third-order valence-electron chi connectivity index (χ3n) is 3.05. The molecule has 2 aromatic rings. The molecule has 0 bridgehead atoms. The van der Waals surface area contributed by atoms with Crippen molar-refractivity contribution in [1.82, 2.24) is 0 Å². The molecule has 21 heavy (non-hydrogen) atoms. The zero-order chi connectivity index (χ0) is 15.2. The molecule has 0 heterocycles. The van der Waals surface area contributed by atoms with Crippen LogP contribution in [0.2, 0.25) is 5.02 Å². The molecule has 0 spiro atoms. The number of nitrogens with two attached hydrogens (primary N) is 1. The number of rotatable bonds is 6. The Morgan fingerprint density at radius 1 is 1.14 bits per heavy atom. The van der Waals surface area contributed by atoms with Crippen molar-refractivity contribution in [2.24, 2.45) is 5.73 Å². The fraction of sp³-hybridized carbons (Fsp3) is 0.188. The maximum atomic E-state index is 7.37. The van der Waals surface area contributed by atoms with E-state index in [1.807, 2.05) is 24.3 Å². The molecule has 0 aliphatic rings. The van der Waals surface area contributed by atoms with Crippen molar-refractivity contribution >= 4 is 17.4 Å². The quantitative estimate of drug-likeness (QED) is 0.636. The normalized spacial score (nSPS) is 10.2. The summed E-state index contributed by atoms with van der Waals surface area (Å²) in [6, 6.07) is 13.0. The molecular weight excluding hydrogens is 288 g/mol. The number of benzene rings is 2. The van der Waals surface area contributed by atoms with Crippen LogP contribution in [0.4, 0.5) is 0 Å². The van der Waals surface area contributed by atoms with Gasteiger partial charge >= 0.3 is 0 Å². The highest BCUT2D eigenvalue weighted by atomic mass is 35.5. The van der Waals surface area contributed by atoms with Gasteiger partial charge in [-0.1, -0.05) is 23.7 Å². The average molecular weight is 305 g/mol. The van der Waals surface area contributed by atoms with E-state index < -0.39 is 0 Å². The second-order valence-electron chi connectivity index (χ2n) is 4.50. The number of nitrogens with one attached hydrogen (secondary N) is 1. The average Bonchev–Trinajstić information content (AvgIpc) is 2.47. The highest BCUT2D eigenvalue weighted by molar-refractivity contribution is 6.34. The maximum Gasteiger partial charge on any atom is 0.124 e. The standard InChI is InChI=1S/C16H17ClN2O2/c1-20-12-4-2-11(3-5-12)8-9-21-13-6-7-14(16(18)19)15(17)10-13/h2-7,10H,8-9H2,1H3,(H3,18,19). The van der Waals surface area contributed by atoms with Gasteiger partial charge in [0.15, 0.2) is 0 Å². The minimum Gasteiger partial charge on any atom is -0.497 e. The topological polar surface area (TPSA) is 68.3 Å². The van der Waals surface area contributed by atoms with Crippen LogP contribution in [0.25, 0.3) is 0 Å². The Labute approximate surface area is 129 Å². The van der Waals surface area contributed by atoms with Crippen LogP contribution in [0, 0.1) is 5.41 Å². The molecule has 0 aromatic heterocycles. The first-order chi connectivity index (χ1) is 10.1. The summed E-state index contributed by atoms with van der Waals surface area (Å²) in [6.07, 6.45) is 0.788. The molecule has 2 rings (SSSR count). The lowest BCUT2D eigenvalue weighted by Gasteiger charge is -2.09. The van der Waals surface area contributed by atoms with Gasteiger partial charge in [0.25, 0.3) is 0 Å². The van der Waals surface area contributed by atoms with Gasteiger partial charge in [0.2, 0.25) is 0 Å². The predicted molar refractivity (Wildman–Crippen MR) is 84.7 cm³/mol. The molecular formula is C16H17ClN2O2. The molecule has 0 saturated heterocycles. The minimum atomic E-state index is -0.0511. The molecule has 0 aliphatic carbocycles. The molecule has 0 aliphatic heterocycles. The molecule has 0 amide bonds. The van der Waals surface area contributed by atoms with Crippen LogP contribution in [0.5, 0.6) is 11.5 Å². The second kappa shape index (κ2) is 6.99. The van der Waals surface area contributed by atoms with Gasteiger partial charge in [0.05, 0.1) is 18.7 Å². The van der Waals surface area contributed by atoms with Crippen molar-refractivity contribution in [3.05, 3.63) is 58.6 Å². The van der Waals surface area contributed by atoms with E-state index in [9.17, 15) is 0 Å². The van der Waals surface area contributed by atoms with E-state index in [4.69, 9.17) is 32.2 Å². The highest BCUT2D eigenvalue weighted by Crippen LogP contribution is 2.22. The number of ether oxygens (including phenoxy) is 2. The van der Waals surface area contributed by atoms with Crippen LogP contribution in [0.3, 0.4) is 0 Å². The van der Waals surface area contributed by atoms with E-state index in [-0.39, 0.29) is 5.84 Å². The number of amidine groups is 1. The van der Waals surface area contributed by atoms with Crippen molar-refractivity contribution in [3.63, 3.8) is 0 Å². The number of halogens is 1. The van der Waals surface area contributed by atoms with Gasteiger partial charge in [0, 0.05) is 12.0 Å². The summed E-state index contributed by atoms with van der Waals surface area (Å²) in [5.74, 6) is 1.45. The fourth-order valence-electron chi connectivity index (χ4n) is 1.88. The Bertz CT molecular complexity index is 627. The maximum absolute atomic E-state index is 7.37. The van der Waals surface area contributed by atoms with E-state index in [1.54, 1.807) is 25.3 Å². The molecule has 0 atom stereocenters. The van der Waals surface area contributed by atoms with Crippen molar-refractivity contribution in [1.29, 1.82) is 5.41 Å². The van der Waals surface area contributed by atoms with E-state index in [0.717, 1.165) is 12.2 Å². The molecule has 0 saturated carbocycles. The van der Waals surface area contributed by atoms with Crippen LogP contribution >= 0.6 is 11.6 Å². The van der Waals surface area contributed by atoms with Crippen molar-refractivity contribution in [2.75, 3.05) is 13.7 Å². The summed E-state index contributed by atoms with van der Waals surface area (Å²) >= 11 is 6.04. The lowest BCUT2D eigenvalue weighted by atomic mass is 10.1. The van der Waals surface area contributed by atoms with E-state index in [1.165, 1.54) is 5.56 Å². The summed E-state index contributed by atoms with van der Waals surface area (Å²) in [6.45, 7) is 0.544. The van der Waals surface area contributed by atoms with Crippen molar-refractivity contribution in [3.8, 4) is 11.5 Å². The summed E-state index contributed by atoms with van der Waals surface area (Å²) in [5, 5.41) is 7.79. The largest absolute Gasteiger partial charge is 0.497 e. The van der Waals surface area contributed by atoms with Gasteiger partial charge in [-0.2, -0.15) is 0 Å². The third-order valence-corrected chi connectivity index (χ3v) is 3.36. The molecule has 2 aromatic carbocycles. The summed E-state index contributed by atoms with van der Waals surface area (Å²) in [7, 11) is 1.65. The highest BCUT2D eigenvalue weighted by Gasteiger charge is 2.05. The Balaban J connectivity index is 1.91. The number of hydrogen-bond acceptors (Lipinski definition) is 3. The van der Waals surface area contributed by atoms with Gasteiger partial charge in [-0.3, -0.25) is 5.41 Å². The third kappa shape index (κ3) is 4.13. The summed E-state index contributed by atoms with van der Waals surface area (Å²) in [4.78, 5) is 0. The summed E-state index contributed by atoms with van der Waals surface area (Å²) in [5.41, 5.74) is 7.09. The molecule has 4 nitrogen and oxygen atoms in total. The van der Waals surface area contributed by atoms with Gasteiger partial charge < -0.3 is 15.2 Å². The van der Waals surface area contributed by atoms with Crippen LogP contribution in [-0.2, 0) is 6.42 Å². The van der Waals surface area contributed by atoms with E-state index >= 15 is 0 Å². The number of hydrogen-bond donors (Lipinski definition) is 2. The molecule has 110 valence electrons. The Hall–Kier alpha value is -2.20. The monoisotopic (exact) mass is 304 g/mol. The Morgan fingerprint density at radius 2 is 1.81 bits per heavy atom. The minimum absolute atomic E-state index is 0.0511. The fourth-order valence-corrected chi connectivity index (χ4v) is 2.16. The first-order valence-corrected chi connectivity index (χ1v) is 6.87. The zero-order valence-electron chi connectivity index (χ0n) is 11.7. The van der Waals surface area contributed by atoms with Crippen LogP contribution < -0.4 is 15.2 Å². The second-order valence-corrected chi connectivity index (χ2v) is 4.91. The first-order valence-electron chi connectivity index (χ1n) is 6.50. The Morgan fingerprint density at radius 3 is 2.38 bits per heavy atom. The van der Waals surface area contributed by atoms with Crippen LogP contribution in [-0.4, -0.2) is 19.6 Å². The van der Waals surface area contributed by atoms with Crippen LogP contribution in [0.1, 0.15) is 11.1 Å². The lowest BCUT2D eigenvalue weighted by Crippen LogP contribution is -2.11. The zero-order valence-corrected chi connectivity index (χ0v) is 12.5. The van der Waals surface area contributed by atoms with Gasteiger partial charge in [-0.05, 0) is 35.9 Å². The summed E-state index contributed by atoms with van der Waals surface area (Å²) < 4.78 is 10.8. The van der Waals surface area contributed by atoms with Gasteiger partial charge in [-0.15, -0.1) is 0 Å². The molecule has 0 unspecified atom stereocenters. The lowest BCUT2D eigenvalue weighted by molar-refractivity contribution is 0.322.